The van der Waals surface area contributed by atoms with Crippen LogP contribution in [-0.2, 0) is 19.7 Å². The first kappa shape index (κ1) is 34.4. The van der Waals surface area contributed by atoms with Gasteiger partial charge in [-0.05, 0) is 65.6 Å². The van der Waals surface area contributed by atoms with Crippen LogP contribution in [0.2, 0.25) is 0 Å². The van der Waals surface area contributed by atoms with E-state index in [1.54, 1.807) is 12.1 Å². The van der Waals surface area contributed by atoms with E-state index in [0.717, 1.165) is 37.7 Å². The minimum absolute atomic E-state index is 0.0486. The van der Waals surface area contributed by atoms with E-state index in [1.807, 2.05) is 18.2 Å². The van der Waals surface area contributed by atoms with Gasteiger partial charge in [0.1, 0.15) is 36.2 Å². The highest BCUT2D eigenvalue weighted by molar-refractivity contribution is 6.09. The number of aliphatic hydroxyl groups is 4. The molecule has 0 aromatic heterocycles. The van der Waals surface area contributed by atoms with E-state index in [9.17, 15) is 45.3 Å². The van der Waals surface area contributed by atoms with Crippen LogP contribution in [0.15, 0.2) is 72.8 Å². The Bertz CT molecular complexity index is 1670. The van der Waals surface area contributed by atoms with Crippen LogP contribution >= 0.6 is 0 Å². The summed E-state index contributed by atoms with van der Waals surface area (Å²) in [6.07, 6.45) is -0.264. The number of rotatable bonds is 9. The molecule has 3 aliphatic rings. The van der Waals surface area contributed by atoms with Crippen molar-refractivity contribution >= 4 is 23.6 Å². The van der Waals surface area contributed by atoms with Crippen LogP contribution < -0.4 is 9.64 Å². The van der Waals surface area contributed by atoms with Gasteiger partial charge < -0.3 is 45.2 Å². The fourth-order valence-corrected chi connectivity index (χ4v) is 7.61. The van der Waals surface area contributed by atoms with E-state index in [1.165, 1.54) is 41.3 Å². The maximum Gasteiger partial charge on any atom is 0.327 e. The zero-order valence-corrected chi connectivity index (χ0v) is 26.7. The van der Waals surface area contributed by atoms with E-state index in [-0.39, 0.29) is 22.6 Å². The number of aromatic hydroxyl groups is 2. The molecule has 2 heterocycles. The number of amides is 1. The van der Waals surface area contributed by atoms with Gasteiger partial charge in [-0.2, -0.15) is 0 Å². The van der Waals surface area contributed by atoms with Crippen molar-refractivity contribution in [1.82, 2.24) is 0 Å². The first-order chi connectivity index (χ1) is 23.5. The number of carbonyl (C=O) groups is 2. The van der Waals surface area contributed by atoms with E-state index >= 15 is 0 Å². The molecular weight excluding hydrogens is 634 g/mol. The number of phenolic OH excluding ortho intramolecular Hbond substituents is 2. The number of anilines is 1. The van der Waals surface area contributed by atoms with Crippen LogP contribution in [0.5, 0.6) is 17.2 Å². The Kier molecular flexibility index (Phi) is 9.96. The second-order valence-electron chi connectivity index (χ2n) is 13.1. The number of ether oxygens (including phenoxy) is 2. The topological polar surface area (TPSA) is 197 Å². The summed E-state index contributed by atoms with van der Waals surface area (Å²) in [7, 11) is 0. The molecule has 0 bridgehead atoms. The Morgan fingerprint density at radius 1 is 0.918 bits per heavy atom. The van der Waals surface area contributed by atoms with Crippen molar-refractivity contribution in [3.05, 3.63) is 89.5 Å². The number of fused-ring (bicyclic) bond motifs is 1. The monoisotopic (exact) mass is 675 g/mol. The van der Waals surface area contributed by atoms with Crippen molar-refractivity contribution < 1.29 is 54.8 Å². The number of nitrogens with zero attached hydrogens (tertiary/aromatic N) is 1. The molecule has 0 radical (unpaired) electrons. The molecule has 1 amide bonds. The third kappa shape index (κ3) is 6.75. The molecule has 1 saturated carbocycles. The van der Waals surface area contributed by atoms with Crippen molar-refractivity contribution in [3.8, 4) is 17.2 Å². The lowest BCUT2D eigenvalue weighted by Crippen LogP contribution is -2.60. The number of benzene rings is 3. The van der Waals surface area contributed by atoms with Crippen LogP contribution in [0.3, 0.4) is 0 Å². The number of phenols is 2. The van der Waals surface area contributed by atoms with Crippen molar-refractivity contribution in [2.45, 2.75) is 86.6 Å². The van der Waals surface area contributed by atoms with E-state index < -0.39 is 66.9 Å². The summed E-state index contributed by atoms with van der Waals surface area (Å²) in [6.45, 7) is -0.693. The third-order valence-corrected chi connectivity index (χ3v) is 10.1. The molecule has 12 heteroatoms. The normalized spacial score (nSPS) is 27.9. The average Bonchev–Trinajstić information content (AvgIpc) is 3.41. The SMILES string of the molecule is O=C(O)[C@H]1[C@@H](CC2(c3ccccc3)CCCCC2)c2cc(O)c(O[C@H]3O[C@H](CO)[C@@H](O)[C@H](O)[C@H]3O)cc2N1C(=O)C=Cc1ccc(O)cc1. The number of carbonyl (C=O) groups excluding carboxylic acids is 1. The number of hydrogen-bond acceptors (Lipinski definition) is 10. The summed E-state index contributed by atoms with van der Waals surface area (Å²) in [5.74, 6) is -3.26. The third-order valence-electron chi connectivity index (χ3n) is 10.1. The lowest BCUT2D eigenvalue weighted by molar-refractivity contribution is -0.277. The van der Waals surface area contributed by atoms with Crippen molar-refractivity contribution in [2.24, 2.45) is 0 Å². The second kappa shape index (κ2) is 14.2. The van der Waals surface area contributed by atoms with Crippen LogP contribution in [0, 0.1) is 0 Å². The van der Waals surface area contributed by atoms with Gasteiger partial charge in [0.15, 0.2) is 11.5 Å². The average molecular weight is 676 g/mol. The highest BCUT2D eigenvalue weighted by atomic mass is 16.7. The van der Waals surface area contributed by atoms with Crippen LogP contribution in [0.25, 0.3) is 6.08 Å². The van der Waals surface area contributed by atoms with Crippen LogP contribution in [0.1, 0.15) is 61.1 Å². The fourth-order valence-electron chi connectivity index (χ4n) is 7.61. The van der Waals surface area contributed by atoms with Crippen molar-refractivity contribution in [3.63, 3.8) is 0 Å². The maximum atomic E-state index is 14.0. The summed E-state index contributed by atoms with van der Waals surface area (Å²) >= 11 is 0. The smallest absolute Gasteiger partial charge is 0.327 e. The molecule has 7 atom stereocenters. The number of hydrogen-bond donors (Lipinski definition) is 7. The van der Waals surface area contributed by atoms with Crippen molar-refractivity contribution in [2.75, 3.05) is 11.5 Å². The van der Waals surface area contributed by atoms with Gasteiger partial charge in [-0.1, -0.05) is 61.7 Å². The quantitative estimate of drug-likeness (QED) is 0.165. The largest absolute Gasteiger partial charge is 0.508 e. The Morgan fingerprint density at radius 3 is 2.27 bits per heavy atom. The lowest BCUT2D eigenvalue weighted by Gasteiger charge is -2.41. The molecule has 2 aliphatic heterocycles. The zero-order valence-electron chi connectivity index (χ0n) is 26.7. The number of aliphatic carboxylic acids is 1. The van der Waals surface area contributed by atoms with Gasteiger partial charge in [-0.15, -0.1) is 0 Å². The summed E-state index contributed by atoms with van der Waals surface area (Å²) in [6, 6.07) is 17.4. The van der Waals surface area contributed by atoms with Gasteiger partial charge in [0.2, 0.25) is 6.29 Å². The van der Waals surface area contributed by atoms with Gasteiger partial charge in [-0.3, -0.25) is 9.69 Å². The number of carboxylic acid groups (broad SMARTS) is 1. The molecule has 49 heavy (non-hydrogen) atoms. The van der Waals surface area contributed by atoms with Gasteiger partial charge >= 0.3 is 5.97 Å². The Morgan fingerprint density at radius 2 is 1.61 bits per heavy atom. The maximum absolute atomic E-state index is 14.0. The molecule has 12 nitrogen and oxygen atoms in total. The van der Waals surface area contributed by atoms with Crippen molar-refractivity contribution in [1.29, 1.82) is 0 Å². The van der Waals surface area contributed by atoms with E-state index in [4.69, 9.17) is 9.47 Å². The predicted octanol–water partition coefficient (Wildman–Crippen LogP) is 3.17. The van der Waals surface area contributed by atoms with Crippen LogP contribution in [-0.4, -0.2) is 91.0 Å². The summed E-state index contributed by atoms with van der Waals surface area (Å²) in [5.41, 5.74) is 1.91. The lowest BCUT2D eigenvalue weighted by atomic mass is 9.63. The van der Waals surface area contributed by atoms with Gasteiger partial charge in [-0.25, -0.2) is 4.79 Å². The molecule has 0 unspecified atom stereocenters. The van der Waals surface area contributed by atoms with Gasteiger partial charge in [0.05, 0.1) is 12.3 Å². The molecule has 1 aliphatic carbocycles. The molecule has 2 fully saturated rings. The first-order valence-corrected chi connectivity index (χ1v) is 16.5. The molecule has 7 N–H and O–H groups in total. The fraction of sp³-hybridized carbons (Fsp3) is 0.405. The molecule has 3 aromatic carbocycles. The highest BCUT2D eigenvalue weighted by Gasteiger charge is 2.50. The summed E-state index contributed by atoms with van der Waals surface area (Å²) < 4.78 is 11.3. The summed E-state index contributed by atoms with van der Waals surface area (Å²) in [5, 5.41) is 72.3. The number of aliphatic hydroxyl groups excluding tert-OH is 4. The molecule has 0 spiro atoms. The van der Waals surface area contributed by atoms with Crippen LogP contribution in [0.4, 0.5) is 5.69 Å². The van der Waals surface area contributed by atoms with E-state index in [2.05, 4.69) is 12.1 Å². The molecule has 260 valence electrons. The second-order valence-corrected chi connectivity index (χ2v) is 13.1. The standard InChI is InChI=1S/C37H41NO11/c39-20-29-32(43)33(44)34(45)36(49-29)48-28-18-26-24(17-27(28)41)25(19-37(15-5-2-6-16-37)22-7-3-1-4-8-22)31(35(46)47)38(26)30(42)14-11-21-9-12-23(40)13-10-21/h1,3-4,7-14,17-18,25,29,31-34,36,39-41,43-45H,2,5-6,15-16,19-20H2,(H,46,47)/t25-,29+,31+,32+,33-,34+,36-/m0/s1. The van der Waals surface area contributed by atoms with E-state index in [0.29, 0.717) is 17.5 Å². The predicted molar refractivity (Wildman–Crippen MR) is 177 cm³/mol. The summed E-state index contributed by atoms with van der Waals surface area (Å²) in [4.78, 5) is 28.4. The minimum Gasteiger partial charge on any atom is -0.508 e. The Labute approximate surface area is 283 Å². The zero-order chi connectivity index (χ0) is 34.9. The first-order valence-electron chi connectivity index (χ1n) is 16.5. The Balaban J connectivity index is 1.43. The minimum atomic E-state index is -1.77. The molecule has 6 rings (SSSR count). The Hall–Kier alpha value is -4.46. The molecular formula is C37H41NO11. The number of carboxylic acids is 1. The molecule has 1 saturated heterocycles. The highest BCUT2D eigenvalue weighted by Crippen LogP contribution is 2.54. The van der Waals surface area contributed by atoms with Gasteiger partial charge in [0, 0.05) is 18.1 Å². The van der Waals surface area contributed by atoms with Gasteiger partial charge in [0.25, 0.3) is 5.91 Å². The molecule has 3 aromatic rings.